The van der Waals surface area contributed by atoms with Crippen molar-refractivity contribution in [3.8, 4) is 22.8 Å². The molecule has 0 unspecified atom stereocenters. The van der Waals surface area contributed by atoms with Crippen molar-refractivity contribution in [1.82, 2.24) is 9.78 Å². The molecule has 0 bridgehead atoms. The first kappa shape index (κ1) is 13.8. The summed E-state index contributed by atoms with van der Waals surface area (Å²) in [5, 5.41) is 4.40. The van der Waals surface area contributed by atoms with Crippen LogP contribution in [-0.4, -0.2) is 23.0 Å². The van der Waals surface area contributed by atoms with Gasteiger partial charge >= 0.3 is 0 Å². The number of hydrogen-bond donors (Lipinski definition) is 1. The second-order valence-electron chi connectivity index (χ2n) is 5.47. The second-order valence-corrected chi connectivity index (χ2v) is 5.47. The minimum absolute atomic E-state index is 0.294. The number of nitrogens with two attached hydrogens (primary N) is 1. The molecule has 2 aromatic rings. The zero-order valence-corrected chi connectivity index (χ0v) is 12.5. The summed E-state index contributed by atoms with van der Waals surface area (Å²) < 4.78 is 13.2. The van der Waals surface area contributed by atoms with Crippen molar-refractivity contribution in [3.05, 3.63) is 24.3 Å². The molecule has 2 N–H and O–H groups in total. The van der Waals surface area contributed by atoms with Crippen LogP contribution in [0.5, 0.6) is 11.5 Å². The largest absolute Gasteiger partial charge is 0.493 e. The summed E-state index contributed by atoms with van der Waals surface area (Å²) in [6.07, 6.45) is 5.00. The van der Waals surface area contributed by atoms with Gasteiger partial charge < -0.3 is 15.2 Å². The third kappa shape index (κ3) is 2.82. The molecule has 0 spiro atoms. The Morgan fingerprint density at radius 3 is 2.57 bits per heavy atom. The van der Waals surface area contributed by atoms with E-state index in [9.17, 15) is 0 Å². The summed E-state index contributed by atoms with van der Waals surface area (Å²) in [6.45, 7) is 0. The van der Waals surface area contributed by atoms with Crippen LogP contribution in [0, 0.1) is 0 Å². The molecule has 112 valence electrons. The van der Waals surface area contributed by atoms with E-state index in [1.807, 2.05) is 31.3 Å². The van der Waals surface area contributed by atoms with E-state index in [1.165, 1.54) is 12.8 Å². The SMILES string of the molecule is COc1ccc(-c2cc(N)n(C)n2)cc1OC1CCCC1. The molecule has 21 heavy (non-hydrogen) atoms. The van der Waals surface area contributed by atoms with Gasteiger partial charge in [0.15, 0.2) is 11.5 Å². The highest BCUT2D eigenvalue weighted by atomic mass is 16.5. The fourth-order valence-corrected chi connectivity index (χ4v) is 2.74. The van der Waals surface area contributed by atoms with E-state index < -0.39 is 0 Å². The molecule has 5 nitrogen and oxygen atoms in total. The van der Waals surface area contributed by atoms with Gasteiger partial charge in [-0.3, -0.25) is 4.68 Å². The van der Waals surface area contributed by atoms with Crippen LogP contribution in [0.3, 0.4) is 0 Å². The summed E-state index contributed by atoms with van der Waals surface area (Å²) >= 11 is 0. The zero-order valence-electron chi connectivity index (χ0n) is 12.5. The smallest absolute Gasteiger partial charge is 0.162 e. The van der Waals surface area contributed by atoms with Crippen molar-refractivity contribution in [3.63, 3.8) is 0 Å². The number of anilines is 1. The first-order chi connectivity index (χ1) is 10.2. The van der Waals surface area contributed by atoms with Crippen molar-refractivity contribution in [1.29, 1.82) is 0 Å². The summed E-state index contributed by atoms with van der Waals surface area (Å²) in [5.41, 5.74) is 7.67. The average molecular weight is 287 g/mol. The maximum Gasteiger partial charge on any atom is 0.162 e. The molecule has 0 atom stereocenters. The highest BCUT2D eigenvalue weighted by molar-refractivity contribution is 5.66. The molecule has 0 saturated heterocycles. The van der Waals surface area contributed by atoms with E-state index in [4.69, 9.17) is 15.2 Å². The summed E-state index contributed by atoms with van der Waals surface area (Å²) in [6, 6.07) is 7.74. The normalized spacial score (nSPS) is 15.3. The highest BCUT2D eigenvalue weighted by Gasteiger charge is 2.19. The average Bonchev–Trinajstić information content (AvgIpc) is 3.10. The number of hydrogen-bond acceptors (Lipinski definition) is 4. The lowest BCUT2D eigenvalue weighted by Crippen LogP contribution is -2.11. The van der Waals surface area contributed by atoms with Gasteiger partial charge in [0.05, 0.1) is 18.9 Å². The molecule has 0 amide bonds. The number of benzene rings is 1. The number of nitrogens with zero attached hydrogens (tertiary/aromatic N) is 2. The number of ether oxygens (including phenoxy) is 2. The van der Waals surface area contributed by atoms with Crippen molar-refractivity contribution >= 4 is 5.82 Å². The Morgan fingerprint density at radius 1 is 1.19 bits per heavy atom. The van der Waals surface area contributed by atoms with Crippen LogP contribution in [-0.2, 0) is 7.05 Å². The van der Waals surface area contributed by atoms with Crippen LogP contribution in [0.2, 0.25) is 0 Å². The van der Waals surface area contributed by atoms with E-state index in [1.54, 1.807) is 11.8 Å². The van der Waals surface area contributed by atoms with Crippen LogP contribution < -0.4 is 15.2 Å². The quantitative estimate of drug-likeness (QED) is 0.939. The molecule has 0 radical (unpaired) electrons. The summed E-state index contributed by atoms with van der Waals surface area (Å²) in [7, 11) is 3.49. The molecule has 5 heteroatoms. The van der Waals surface area contributed by atoms with Gasteiger partial charge in [0.2, 0.25) is 0 Å². The Labute approximate surface area is 124 Å². The standard InChI is InChI=1S/C16H21N3O2/c1-19-16(17)10-13(18-19)11-7-8-14(20-2)15(9-11)21-12-5-3-4-6-12/h7-10,12H,3-6,17H2,1-2H3. The first-order valence-corrected chi connectivity index (χ1v) is 7.32. The predicted molar refractivity (Wildman–Crippen MR) is 82.5 cm³/mol. The lowest BCUT2D eigenvalue weighted by Gasteiger charge is -2.16. The highest BCUT2D eigenvalue weighted by Crippen LogP contribution is 2.35. The van der Waals surface area contributed by atoms with Gasteiger partial charge in [0.25, 0.3) is 0 Å². The molecule has 1 saturated carbocycles. The van der Waals surface area contributed by atoms with E-state index >= 15 is 0 Å². The number of rotatable bonds is 4. The van der Waals surface area contributed by atoms with Crippen molar-refractivity contribution in [2.75, 3.05) is 12.8 Å². The van der Waals surface area contributed by atoms with E-state index in [-0.39, 0.29) is 0 Å². The molecule has 1 aromatic heterocycles. The van der Waals surface area contributed by atoms with Gasteiger partial charge in [0, 0.05) is 18.7 Å². The number of nitrogen functional groups attached to an aromatic ring is 1. The number of aromatic nitrogens is 2. The van der Waals surface area contributed by atoms with Crippen LogP contribution in [0.15, 0.2) is 24.3 Å². The van der Waals surface area contributed by atoms with Gasteiger partial charge in [-0.25, -0.2) is 0 Å². The summed E-state index contributed by atoms with van der Waals surface area (Å²) in [5.74, 6) is 2.18. The van der Waals surface area contributed by atoms with Crippen LogP contribution >= 0.6 is 0 Å². The molecular weight excluding hydrogens is 266 g/mol. The molecule has 1 fully saturated rings. The molecular formula is C16H21N3O2. The van der Waals surface area contributed by atoms with Gasteiger partial charge in [0.1, 0.15) is 5.82 Å². The monoisotopic (exact) mass is 287 g/mol. The van der Waals surface area contributed by atoms with Crippen molar-refractivity contribution in [2.24, 2.45) is 7.05 Å². The van der Waals surface area contributed by atoms with E-state index in [0.29, 0.717) is 11.9 Å². The topological polar surface area (TPSA) is 62.3 Å². The zero-order chi connectivity index (χ0) is 14.8. The Hall–Kier alpha value is -2.17. The van der Waals surface area contributed by atoms with Crippen molar-refractivity contribution < 1.29 is 9.47 Å². The molecule has 1 heterocycles. The first-order valence-electron chi connectivity index (χ1n) is 7.32. The molecule has 1 aromatic carbocycles. The van der Waals surface area contributed by atoms with Crippen LogP contribution in [0.1, 0.15) is 25.7 Å². The predicted octanol–water partition coefficient (Wildman–Crippen LogP) is 3.00. The van der Waals surface area contributed by atoms with Gasteiger partial charge in [-0.05, 0) is 43.9 Å². The van der Waals surface area contributed by atoms with Gasteiger partial charge in [-0.1, -0.05) is 0 Å². The van der Waals surface area contributed by atoms with Crippen LogP contribution in [0.4, 0.5) is 5.82 Å². The minimum atomic E-state index is 0.294. The Balaban J connectivity index is 1.91. The Bertz CT molecular complexity index is 611. The molecule has 1 aliphatic rings. The molecule has 3 rings (SSSR count). The van der Waals surface area contributed by atoms with Crippen molar-refractivity contribution in [2.45, 2.75) is 31.8 Å². The molecule has 0 aliphatic heterocycles. The fourth-order valence-electron chi connectivity index (χ4n) is 2.74. The summed E-state index contributed by atoms with van der Waals surface area (Å²) in [4.78, 5) is 0. The maximum atomic E-state index is 6.11. The lowest BCUT2D eigenvalue weighted by molar-refractivity contribution is 0.201. The maximum absolute atomic E-state index is 6.11. The Morgan fingerprint density at radius 2 is 1.95 bits per heavy atom. The third-order valence-electron chi connectivity index (χ3n) is 3.97. The lowest BCUT2D eigenvalue weighted by atomic mass is 10.1. The number of aryl methyl sites for hydroxylation is 1. The van der Waals surface area contributed by atoms with Crippen LogP contribution in [0.25, 0.3) is 11.3 Å². The van der Waals surface area contributed by atoms with E-state index in [0.717, 1.165) is 35.6 Å². The fraction of sp³-hybridized carbons (Fsp3) is 0.438. The minimum Gasteiger partial charge on any atom is -0.493 e. The van der Waals surface area contributed by atoms with E-state index in [2.05, 4.69) is 5.10 Å². The number of methoxy groups -OCH3 is 1. The third-order valence-corrected chi connectivity index (χ3v) is 3.97. The molecule has 1 aliphatic carbocycles. The van der Waals surface area contributed by atoms with Gasteiger partial charge in [-0.2, -0.15) is 5.10 Å². The van der Waals surface area contributed by atoms with Gasteiger partial charge in [-0.15, -0.1) is 0 Å². The Kier molecular flexibility index (Phi) is 3.73. The second kappa shape index (κ2) is 5.68.